The van der Waals surface area contributed by atoms with Crippen molar-refractivity contribution in [1.82, 2.24) is 4.98 Å². The van der Waals surface area contributed by atoms with Gasteiger partial charge >= 0.3 is 0 Å². The Kier molecular flexibility index (Phi) is 3.73. The number of carbonyl (C=O) groups is 1. The highest BCUT2D eigenvalue weighted by molar-refractivity contribution is 14.1. The molecular weight excluding hydrogens is 329 g/mol. The molecule has 86 valence electrons. The van der Waals surface area contributed by atoms with Gasteiger partial charge in [-0.2, -0.15) is 0 Å². The maximum atomic E-state index is 10.6. The Morgan fingerprint density at radius 3 is 2.59 bits per heavy atom. The van der Waals surface area contributed by atoms with Crippen LogP contribution in [0.5, 0.6) is 11.6 Å². The number of hydrogen-bond donors (Lipinski definition) is 0. The predicted octanol–water partition coefficient (Wildman–Crippen LogP) is 3.60. The number of aryl methyl sites for hydroxylation is 1. The molecule has 2 aromatic rings. The van der Waals surface area contributed by atoms with Gasteiger partial charge in [0.15, 0.2) is 6.29 Å². The lowest BCUT2D eigenvalue weighted by atomic mass is 10.2. The van der Waals surface area contributed by atoms with Crippen molar-refractivity contribution in [3.8, 4) is 11.6 Å². The van der Waals surface area contributed by atoms with Gasteiger partial charge in [-0.25, -0.2) is 4.98 Å². The quantitative estimate of drug-likeness (QED) is 0.634. The van der Waals surface area contributed by atoms with Crippen LogP contribution in [0.3, 0.4) is 0 Å². The van der Waals surface area contributed by atoms with Gasteiger partial charge in [0.05, 0.1) is 0 Å². The standard InChI is InChI=1S/C13H10INO2/c1-9-6-10(8-16)7-15-13(9)17-12-4-2-11(14)3-5-12/h2-8H,1H3. The van der Waals surface area contributed by atoms with Crippen molar-refractivity contribution in [3.05, 3.63) is 51.2 Å². The number of pyridine rings is 1. The van der Waals surface area contributed by atoms with E-state index in [0.29, 0.717) is 11.4 Å². The maximum Gasteiger partial charge on any atom is 0.222 e. The predicted molar refractivity (Wildman–Crippen MR) is 73.6 cm³/mol. The number of benzene rings is 1. The summed E-state index contributed by atoms with van der Waals surface area (Å²) in [5, 5.41) is 0. The zero-order chi connectivity index (χ0) is 12.3. The molecule has 17 heavy (non-hydrogen) atoms. The minimum Gasteiger partial charge on any atom is -0.439 e. The summed E-state index contributed by atoms with van der Waals surface area (Å²) >= 11 is 2.23. The van der Waals surface area contributed by atoms with E-state index in [1.54, 1.807) is 6.07 Å². The Labute approximate surface area is 113 Å². The summed E-state index contributed by atoms with van der Waals surface area (Å²) in [5.41, 5.74) is 1.39. The van der Waals surface area contributed by atoms with Gasteiger partial charge in [0, 0.05) is 20.9 Å². The first-order chi connectivity index (χ1) is 8.19. The van der Waals surface area contributed by atoms with E-state index in [1.807, 2.05) is 31.2 Å². The first kappa shape index (κ1) is 12.0. The second-order valence-corrected chi connectivity index (χ2v) is 4.81. The van der Waals surface area contributed by atoms with E-state index in [1.165, 1.54) is 6.20 Å². The van der Waals surface area contributed by atoms with Crippen molar-refractivity contribution in [2.24, 2.45) is 0 Å². The molecule has 1 heterocycles. The van der Waals surface area contributed by atoms with Crippen LogP contribution in [-0.4, -0.2) is 11.3 Å². The number of aromatic nitrogens is 1. The second kappa shape index (κ2) is 5.27. The molecule has 0 aliphatic carbocycles. The highest BCUT2D eigenvalue weighted by atomic mass is 127. The fourth-order valence-corrected chi connectivity index (χ4v) is 1.73. The highest BCUT2D eigenvalue weighted by Crippen LogP contribution is 2.23. The van der Waals surface area contributed by atoms with Gasteiger partial charge in [0.25, 0.3) is 0 Å². The molecule has 0 atom stereocenters. The fourth-order valence-electron chi connectivity index (χ4n) is 1.37. The van der Waals surface area contributed by atoms with Crippen LogP contribution in [0, 0.1) is 10.5 Å². The molecule has 0 amide bonds. The summed E-state index contributed by atoms with van der Waals surface area (Å²) in [6.07, 6.45) is 2.27. The summed E-state index contributed by atoms with van der Waals surface area (Å²) < 4.78 is 6.78. The monoisotopic (exact) mass is 339 g/mol. The number of ether oxygens (including phenoxy) is 1. The van der Waals surface area contributed by atoms with Gasteiger partial charge in [-0.15, -0.1) is 0 Å². The average molecular weight is 339 g/mol. The van der Waals surface area contributed by atoms with Gasteiger partial charge in [0.2, 0.25) is 5.88 Å². The molecule has 4 heteroatoms. The molecule has 0 N–H and O–H groups in total. The lowest BCUT2D eigenvalue weighted by molar-refractivity contribution is 0.112. The normalized spacial score (nSPS) is 10.0. The van der Waals surface area contributed by atoms with E-state index in [4.69, 9.17) is 4.74 Å². The number of halogens is 1. The Hall–Kier alpha value is -1.43. The summed E-state index contributed by atoms with van der Waals surface area (Å²) in [6.45, 7) is 1.86. The maximum absolute atomic E-state index is 10.6. The highest BCUT2D eigenvalue weighted by Gasteiger charge is 2.04. The molecule has 0 unspecified atom stereocenters. The van der Waals surface area contributed by atoms with Gasteiger partial charge in [0.1, 0.15) is 5.75 Å². The molecule has 1 aromatic carbocycles. The van der Waals surface area contributed by atoms with Crippen LogP contribution < -0.4 is 4.74 Å². The van der Waals surface area contributed by atoms with Crippen LogP contribution in [-0.2, 0) is 0 Å². The van der Waals surface area contributed by atoms with E-state index in [2.05, 4.69) is 27.6 Å². The van der Waals surface area contributed by atoms with Crippen molar-refractivity contribution in [1.29, 1.82) is 0 Å². The third-order valence-corrected chi connectivity index (χ3v) is 2.93. The fraction of sp³-hybridized carbons (Fsp3) is 0.0769. The Morgan fingerprint density at radius 2 is 2.00 bits per heavy atom. The first-order valence-electron chi connectivity index (χ1n) is 5.04. The molecular formula is C13H10INO2. The van der Waals surface area contributed by atoms with Crippen LogP contribution in [0.2, 0.25) is 0 Å². The Bertz CT molecular complexity index is 538. The molecule has 2 rings (SSSR count). The molecule has 3 nitrogen and oxygen atoms in total. The summed E-state index contributed by atoms with van der Waals surface area (Å²) in [6, 6.07) is 9.45. The van der Waals surface area contributed by atoms with Crippen LogP contribution in [0.4, 0.5) is 0 Å². The van der Waals surface area contributed by atoms with Crippen molar-refractivity contribution in [2.75, 3.05) is 0 Å². The summed E-state index contributed by atoms with van der Waals surface area (Å²) in [7, 11) is 0. The number of aldehydes is 1. The van der Waals surface area contributed by atoms with Crippen molar-refractivity contribution < 1.29 is 9.53 Å². The Morgan fingerprint density at radius 1 is 1.29 bits per heavy atom. The van der Waals surface area contributed by atoms with E-state index >= 15 is 0 Å². The van der Waals surface area contributed by atoms with Crippen LogP contribution >= 0.6 is 22.6 Å². The second-order valence-electron chi connectivity index (χ2n) is 3.56. The van der Waals surface area contributed by atoms with Gasteiger partial charge < -0.3 is 4.74 Å². The molecule has 0 fully saturated rings. The number of rotatable bonds is 3. The molecule has 0 aliphatic rings. The van der Waals surface area contributed by atoms with Crippen molar-refractivity contribution >= 4 is 28.9 Å². The topological polar surface area (TPSA) is 39.2 Å². The lowest BCUT2D eigenvalue weighted by Gasteiger charge is -2.07. The minimum absolute atomic E-state index is 0.525. The van der Waals surface area contributed by atoms with Crippen LogP contribution in [0.1, 0.15) is 15.9 Å². The van der Waals surface area contributed by atoms with Crippen molar-refractivity contribution in [3.63, 3.8) is 0 Å². The zero-order valence-corrected chi connectivity index (χ0v) is 11.3. The van der Waals surface area contributed by atoms with Crippen LogP contribution in [0.25, 0.3) is 0 Å². The first-order valence-corrected chi connectivity index (χ1v) is 6.12. The molecule has 0 radical (unpaired) electrons. The summed E-state index contributed by atoms with van der Waals surface area (Å²) in [4.78, 5) is 14.7. The number of nitrogens with zero attached hydrogens (tertiary/aromatic N) is 1. The lowest BCUT2D eigenvalue weighted by Crippen LogP contribution is -1.93. The third kappa shape index (κ3) is 3.03. The smallest absolute Gasteiger partial charge is 0.222 e. The van der Waals surface area contributed by atoms with E-state index in [-0.39, 0.29) is 0 Å². The van der Waals surface area contributed by atoms with Gasteiger partial charge in [-0.05, 0) is 59.8 Å². The van der Waals surface area contributed by atoms with Gasteiger partial charge in [-0.3, -0.25) is 4.79 Å². The zero-order valence-electron chi connectivity index (χ0n) is 9.18. The molecule has 0 bridgehead atoms. The molecule has 0 spiro atoms. The van der Waals surface area contributed by atoms with E-state index < -0.39 is 0 Å². The molecule has 0 saturated carbocycles. The Balaban J connectivity index is 2.24. The molecule has 0 aliphatic heterocycles. The summed E-state index contributed by atoms with van der Waals surface area (Å²) in [5.74, 6) is 1.26. The minimum atomic E-state index is 0.525. The SMILES string of the molecule is Cc1cc(C=O)cnc1Oc1ccc(I)cc1. The molecule has 0 saturated heterocycles. The average Bonchev–Trinajstić information content (AvgIpc) is 2.34. The molecule has 1 aromatic heterocycles. The van der Waals surface area contributed by atoms with Crippen LogP contribution in [0.15, 0.2) is 36.5 Å². The number of carbonyl (C=O) groups excluding carboxylic acids is 1. The van der Waals surface area contributed by atoms with Gasteiger partial charge in [-0.1, -0.05) is 0 Å². The largest absolute Gasteiger partial charge is 0.439 e. The van der Waals surface area contributed by atoms with Crippen molar-refractivity contribution in [2.45, 2.75) is 6.92 Å². The number of hydrogen-bond acceptors (Lipinski definition) is 3. The third-order valence-electron chi connectivity index (χ3n) is 2.22. The van der Waals surface area contributed by atoms with E-state index in [0.717, 1.165) is 21.2 Å². The van der Waals surface area contributed by atoms with E-state index in [9.17, 15) is 4.79 Å².